The maximum atomic E-state index is 12.0. The smallest absolute Gasteiger partial charge is 0.200 e. The molecule has 0 atom stereocenters. The second-order valence-corrected chi connectivity index (χ2v) is 2.53. The van der Waals surface area contributed by atoms with E-state index in [2.05, 4.69) is 0 Å². The third kappa shape index (κ3) is 1.76. The zero-order chi connectivity index (χ0) is 12.0. The third-order valence-corrected chi connectivity index (χ3v) is 1.30. The molecule has 0 spiro atoms. The molecule has 0 aromatic heterocycles. The summed E-state index contributed by atoms with van der Waals surface area (Å²) in [5, 5.41) is 0. The van der Waals surface area contributed by atoms with Gasteiger partial charge in [0.1, 0.15) is 0 Å². The number of hydrogen-bond donors (Lipinski definition) is 0. The van der Waals surface area contributed by atoms with Crippen LogP contribution in [0.2, 0.25) is 0 Å². The van der Waals surface area contributed by atoms with Gasteiger partial charge in [0.05, 0.1) is 0 Å². The number of rotatable bonds is 2. The molecule has 0 N–H and O–H groups in total. The predicted octanol–water partition coefficient (Wildman–Crippen LogP) is 3.47. The van der Waals surface area contributed by atoms with Gasteiger partial charge in [0.25, 0.3) is 0 Å². The summed E-state index contributed by atoms with van der Waals surface area (Å²) in [6.45, 7) is -0.716. The Kier molecular flexibility index (Phi) is 2.80. The first kappa shape index (κ1) is 13.4. The van der Waals surface area contributed by atoms with Crippen molar-refractivity contribution in [1.29, 1.82) is 0 Å². The van der Waals surface area contributed by atoms with Crippen molar-refractivity contribution in [3.05, 3.63) is 0 Å². The Morgan fingerprint density at radius 1 is 0.571 bits per heavy atom. The van der Waals surface area contributed by atoms with E-state index in [9.17, 15) is 39.5 Å². The average Bonchev–Trinajstić information content (AvgIpc) is 1.81. The van der Waals surface area contributed by atoms with Crippen molar-refractivity contribution in [3.8, 4) is 0 Å². The Bertz CT molecular complexity index is 182. The summed E-state index contributed by atoms with van der Waals surface area (Å²) in [5.74, 6) is -18.7. The molecule has 0 aliphatic heterocycles. The highest BCUT2D eigenvalue weighted by atomic mass is 19.4. The van der Waals surface area contributed by atoms with Crippen LogP contribution < -0.4 is 0 Å². The van der Waals surface area contributed by atoms with Gasteiger partial charge in [-0.2, -0.15) is 39.5 Å². The van der Waals surface area contributed by atoms with Gasteiger partial charge in [0, 0.05) is 6.92 Å². The lowest BCUT2D eigenvalue weighted by atomic mass is 10.1. The molecule has 14 heavy (non-hydrogen) atoms. The van der Waals surface area contributed by atoms with E-state index in [1.807, 2.05) is 0 Å². The third-order valence-electron chi connectivity index (χ3n) is 1.30. The lowest BCUT2D eigenvalue weighted by Gasteiger charge is -2.31. The van der Waals surface area contributed by atoms with E-state index >= 15 is 0 Å². The van der Waals surface area contributed by atoms with Crippen molar-refractivity contribution in [3.63, 3.8) is 0 Å². The van der Waals surface area contributed by atoms with E-state index in [1.54, 1.807) is 0 Å². The summed E-state index contributed by atoms with van der Waals surface area (Å²) in [5.41, 5.74) is 0. The molecule has 0 heterocycles. The molecule has 0 aromatic carbocycles. The quantitative estimate of drug-likeness (QED) is 0.641. The monoisotopic (exact) mass is 234 g/mol. The second-order valence-electron chi connectivity index (χ2n) is 2.53. The van der Waals surface area contributed by atoms with Crippen LogP contribution in [0.5, 0.6) is 0 Å². The first-order chi connectivity index (χ1) is 5.75. The van der Waals surface area contributed by atoms with Crippen LogP contribution in [0.25, 0.3) is 0 Å². The van der Waals surface area contributed by atoms with Gasteiger partial charge in [-0.25, -0.2) is 0 Å². The molecule has 0 fully saturated rings. The summed E-state index contributed by atoms with van der Waals surface area (Å²) in [7, 11) is 0. The van der Waals surface area contributed by atoms with Gasteiger partial charge in [0.15, 0.2) is 0 Å². The number of alkyl halides is 9. The maximum absolute atomic E-state index is 12.0. The molecule has 0 amide bonds. The minimum absolute atomic E-state index is 0.716. The molecule has 0 aromatic rings. The van der Waals surface area contributed by atoms with E-state index < -0.39 is 30.9 Å². The number of halogens is 9. The van der Waals surface area contributed by atoms with E-state index in [1.165, 1.54) is 0 Å². The topological polar surface area (TPSA) is 0 Å². The zero-order valence-electron chi connectivity index (χ0n) is 6.40. The fourth-order valence-corrected chi connectivity index (χ4v) is 0.454. The summed E-state index contributed by atoms with van der Waals surface area (Å²) in [4.78, 5) is 0. The SMILES string of the molecule is CC(F)(F)C(F)(F)C(F)(F)C(F)(F)F. The largest absolute Gasteiger partial charge is 0.460 e. The van der Waals surface area contributed by atoms with Gasteiger partial charge < -0.3 is 0 Å². The van der Waals surface area contributed by atoms with Crippen molar-refractivity contribution >= 4 is 0 Å². The van der Waals surface area contributed by atoms with Gasteiger partial charge in [-0.15, -0.1) is 0 Å². The molecule has 0 unspecified atom stereocenters. The first-order valence-electron chi connectivity index (χ1n) is 2.95. The Morgan fingerprint density at radius 2 is 0.857 bits per heavy atom. The fourth-order valence-electron chi connectivity index (χ4n) is 0.454. The summed E-state index contributed by atoms with van der Waals surface area (Å²) in [6.07, 6.45) is -6.73. The highest BCUT2D eigenvalue weighted by Crippen LogP contribution is 2.52. The van der Waals surface area contributed by atoms with Crippen LogP contribution >= 0.6 is 0 Å². The van der Waals surface area contributed by atoms with Crippen molar-refractivity contribution in [2.24, 2.45) is 0 Å². The van der Waals surface area contributed by atoms with E-state index in [4.69, 9.17) is 0 Å². The van der Waals surface area contributed by atoms with Crippen LogP contribution in [0.1, 0.15) is 6.92 Å². The maximum Gasteiger partial charge on any atom is 0.460 e. The highest BCUT2D eigenvalue weighted by Gasteiger charge is 2.80. The van der Waals surface area contributed by atoms with Crippen molar-refractivity contribution in [2.75, 3.05) is 0 Å². The molecule has 0 aliphatic carbocycles. The zero-order valence-corrected chi connectivity index (χ0v) is 6.40. The van der Waals surface area contributed by atoms with Crippen LogP contribution in [-0.2, 0) is 0 Å². The molecule has 0 rings (SSSR count). The molecular formula is C5H3F9. The van der Waals surface area contributed by atoms with Crippen molar-refractivity contribution in [2.45, 2.75) is 30.9 Å². The van der Waals surface area contributed by atoms with E-state index in [0.29, 0.717) is 0 Å². The highest BCUT2D eigenvalue weighted by molar-refractivity contribution is 4.98. The molecule has 0 radical (unpaired) electrons. The molecule has 86 valence electrons. The van der Waals surface area contributed by atoms with Crippen LogP contribution in [0.15, 0.2) is 0 Å². The van der Waals surface area contributed by atoms with Crippen molar-refractivity contribution in [1.82, 2.24) is 0 Å². The van der Waals surface area contributed by atoms with Crippen LogP contribution in [0.3, 0.4) is 0 Å². The summed E-state index contributed by atoms with van der Waals surface area (Å²) < 4.78 is 105. The Labute approximate surface area is 71.7 Å². The van der Waals surface area contributed by atoms with Gasteiger partial charge in [-0.05, 0) is 0 Å². The molecule has 0 nitrogen and oxygen atoms in total. The lowest BCUT2D eigenvalue weighted by Crippen LogP contribution is -2.59. The lowest BCUT2D eigenvalue weighted by molar-refractivity contribution is -0.393. The van der Waals surface area contributed by atoms with Crippen LogP contribution in [-0.4, -0.2) is 23.9 Å². The average molecular weight is 234 g/mol. The Hall–Kier alpha value is -0.630. The molecule has 9 heteroatoms. The Morgan fingerprint density at radius 3 is 0.929 bits per heavy atom. The van der Waals surface area contributed by atoms with Gasteiger partial charge in [0.2, 0.25) is 0 Å². The number of hydrogen-bond acceptors (Lipinski definition) is 0. The van der Waals surface area contributed by atoms with Crippen molar-refractivity contribution < 1.29 is 39.5 Å². The molecule has 0 bridgehead atoms. The van der Waals surface area contributed by atoms with Gasteiger partial charge >= 0.3 is 23.9 Å². The molecular weight excluding hydrogens is 231 g/mol. The molecule has 0 aliphatic rings. The van der Waals surface area contributed by atoms with Crippen LogP contribution in [0.4, 0.5) is 39.5 Å². The van der Waals surface area contributed by atoms with E-state index in [0.717, 1.165) is 0 Å². The molecule has 0 saturated heterocycles. The summed E-state index contributed by atoms with van der Waals surface area (Å²) >= 11 is 0. The second kappa shape index (κ2) is 2.93. The molecule has 0 saturated carbocycles. The predicted molar refractivity (Wildman–Crippen MR) is 26.6 cm³/mol. The van der Waals surface area contributed by atoms with E-state index in [-0.39, 0.29) is 0 Å². The Balaban J connectivity index is 5.30. The summed E-state index contributed by atoms with van der Waals surface area (Å²) in [6, 6.07) is 0. The van der Waals surface area contributed by atoms with Gasteiger partial charge in [-0.3, -0.25) is 0 Å². The standard InChI is InChI=1S/C5H3F9/c1-2(6,7)3(8,9)4(10,11)5(12,13)14/h1H3. The minimum Gasteiger partial charge on any atom is -0.200 e. The van der Waals surface area contributed by atoms with Crippen LogP contribution in [0, 0.1) is 0 Å². The first-order valence-corrected chi connectivity index (χ1v) is 2.95. The fraction of sp³-hybridized carbons (Fsp3) is 1.00. The van der Waals surface area contributed by atoms with Gasteiger partial charge in [-0.1, -0.05) is 0 Å². The normalized spacial score (nSPS) is 15.9. The minimum atomic E-state index is -6.77.